The van der Waals surface area contributed by atoms with Gasteiger partial charge in [0.05, 0.1) is 23.6 Å². The molecule has 1 N–H and O–H groups in total. The molecule has 2 aromatic heterocycles. The number of fused-ring (bicyclic) bond motifs is 3. The average molecular weight is 457 g/mol. The van der Waals surface area contributed by atoms with Crippen LogP contribution in [0.2, 0.25) is 0 Å². The van der Waals surface area contributed by atoms with Gasteiger partial charge >= 0.3 is 0 Å². The van der Waals surface area contributed by atoms with Crippen molar-refractivity contribution in [2.24, 2.45) is 5.92 Å². The number of aryl methyl sites for hydroxylation is 2. The molecule has 8 heteroatoms. The van der Waals surface area contributed by atoms with Crippen molar-refractivity contribution in [3.05, 3.63) is 60.6 Å². The van der Waals surface area contributed by atoms with Gasteiger partial charge < -0.3 is 14.2 Å². The molecule has 4 aromatic rings. The van der Waals surface area contributed by atoms with E-state index in [1.165, 1.54) is 0 Å². The summed E-state index contributed by atoms with van der Waals surface area (Å²) in [6, 6.07) is 14.7. The number of rotatable bonds is 7. The van der Waals surface area contributed by atoms with Crippen LogP contribution in [0.3, 0.4) is 0 Å². The van der Waals surface area contributed by atoms with Crippen LogP contribution in [-0.4, -0.2) is 54.5 Å². The topological polar surface area (TPSA) is 88.9 Å². The summed E-state index contributed by atoms with van der Waals surface area (Å²) >= 11 is 0. The number of ether oxygens (including phenoxy) is 1. The molecule has 0 saturated carbocycles. The fourth-order valence-electron chi connectivity index (χ4n) is 5.79. The number of amides is 1. The second kappa shape index (κ2) is 8.59. The molecular weight excluding hydrogens is 428 g/mol. The smallest absolute Gasteiger partial charge is 0.261 e. The van der Waals surface area contributed by atoms with E-state index < -0.39 is 0 Å². The zero-order valence-corrected chi connectivity index (χ0v) is 19.2. The Kier molecular flexibility index (Phi) is 5.28. The van der Waals surface area contributed by atoms with E-state index in [2.05, 4.69) is 48.1 Å². The Labute approximate surface area is 197 Å². The molecule has 3 atom stereocenters. The first-order chi connectivity index (χ1) is 16.7. The standard InChI is InChI=1S/C26H28N6O2/c1-17-4-2-3-5-25(17)34-15-26(33)32-20-7-9-23(32)19(12-20)10-11-31-16-27-21-13-18(6-8-24(21)31)22-14-28-30-29-22/h2-6,8,13-14,16,19-20,23H,7,9-12,15H2,1H3,(H,28,29,30). The summed E-state index contributed by atoms with van der Waals surface area (Å²) in [5.74, 6) is 1.43. The lowest BCUT2D eigenvalue weighted by molar-refractivity contribution is -0.134. The van der Waals surface area contributed by atoms with Gasteiger partial charge in [0.15, 0.2) is 6.61 Å². The molecule has 4 heterocycles. The number of hydrogen-bond acceptors (Lipinski definition) is 5. The first-order valence-corrected chi connectivity index (χ1v) is 12.0. The lowest BCUT2D eigenvalue weighted by Gasteiger charge is -2.25. The molecule has 0 radical (unpaired) electrons. The van der Waals surface area contributed by atoms with Crippen molar-refractivity contribution in [1.29, 1.82) is 0 Å². The van der Waals surface area contributed by atoms with Gasteiger partial charge in [-0.25, -0.2) is 4.98 Å². The van der Waals surface area contributed by atoms with Gasteiger partial charge in [0.1, 0.15) is 11.4 Å². The molecule has 2 aromatic carbocycles. The van der Waals surface area contributed by atoms with Crippen LogP contribution in [0.25, 0.3) is 22.3 Å². The minimum atomic E-state index is 0.116. The van der Waals surface area contributed by atoms with E-state index in [0.29, 0.717) is 18.0 Å². The highest BCUT2D eigenvalue weighted by Crippen LogP contribution is 2.43. The van der Waals surface area contributed by atoms with Gasteiger partial charge in [-0.1, -0.05) is 24.3 Å². The normalized spacial score (nSPS) is 21.4. The Hall–Kier alpha value is -3.68. The number of H-pyrrole nitrogens is 1. The van der Waals surface area contributed by atoms with Crippen LogP contribution >= 0.6 is 0 Å². The number of hydrogen-bond donors (Lipinski definition) is 1. The third kappa shape index (κ3) is 3.73. The first-order valence-electron chi connectivity index (χ1n) is 12.0. The molecule has 1 amide bonds. The molecule has 34 heavy (non-hydrogen) atoms. The van der Waals surface area contributed by atoms with Gasteiger partial charge in [-0.15, -0.1) is 0 Å². The van der Waals surface area contributed by atoms with Crippen molar-refractivity contribution < 1.29 is 9.53 Å². The third-order valence-electron chi connectivity index (χ3n) is 7.47. The second-order valence-corrected chi connectivity index (χ2v) is 9.43. The summed E-state index contributed by atoms with van der Waals surface area (Å²) < 4.78 is 8.08. The number of aromatic nitrogens is 5. The van der Waals surface area contributed by atoms with Crippen molar-refractivity contribution in [2.75, 3.05) is 6.61 Å². The Morgan fingerprint density at radius 1 is 1.21 bits per heavy atom. The Balaban J connectivity index is 1.09. The van der Waals surface area contributed by atoms with Crippen LogP contribution in [0.4, 0.5) is 0 Å². The quantitative estimate of drug-likeness (QED) is 0.454. The lowest BCUT2D eigenvalue weighted by atomic mass is 9.87. The van der Waals surface area contributed by atoms with Crippen molar-refractivity contribution in [2.45, 2.75) is 51.2 Å². The minimum absolute atomic E-state index is 0.116. The largest absolute Gasteiger partial charge is 0.484 e. The van der Waals surface area contributed by atoms with E-state index in [0.717, 1.165) is 65.8 Å². The zero-order valence-electron chi connectivity index (χ0n) is 19.2. The highest BCUT2D eigenvalue weighted by Gasteiger charge is 2.48. The molecular formula is C26H28N6O2. The molecule has 2 aliphatic rings. The first kappa shape index (κ1) is 20.9. The number of nitrogens with one attached hydrogen (secondary N) is 1. The molecule has 2 saturated heterocycles. The number of benzene rings is 2. The van der Waals surface area contributed by atoms with Crippen molar-refractivity contribution in [3.63, 3.8) is 0 Å². The summed E-state index contributed by atoms with van der Waals surface area (Å²) in [4.78, 5) is 19.8. The van der Waals surface area contributed by atoms with Crippen LogP contribution in [-0.2, 0) is 11.3 Å². The number of carbonyl (C=O) groups excluding carboxylic acids is 1. The fraction of sp³-hybridized carbons (Fsp3) is 0.385. The van der Waals surface area contributed by atoms with Crippen LogP contribution in [0, 0.1) is 12.8 Å². The van der Waals surface area contributed by atoms with Gasteiger partial charge in [0, 0.05) is 24.2 Å². The minimum Gasteiger partial charge on any atom is -0.484 e. The fourth-order valence-corrected chi connectivity index (χ4v) is 5.79. The molecule has 174 valence electrons. The molecule has 0 aliphatic carbocycles. The monoisotopic (exact) mass is 456 g/mol. The SMILES string of the molecule is Cc1ccccc1OCC(=O)N1C2CCC1C(CCn1cnc3cc(-c4cn[nH]n4)ccc31)C2. The van der Waals surface area contributed by atoms with Gasteiger partial charge in [-0.2, -0.15) is 15.4 Å². The Morgan fingerprint density at radius 3 is 2.97 bits per heavy atom. The molecule has 8 nitrogen and oxygen atoms in total. The maximum atomic E-state index is 13.0. The number of carbonyl (C=O) groups is 1. The van der Waals surface area contributed by atoms with Crippen molar-refractivity contribution in [1.82, 2.24) is 29.9 Å². The van der Waals surface area contributed by atoms with Gasteiger partial charge in [0.2, 0.25) is 0 Å². The molecule has 0 spiro atoms. The van der Waals surface area contributed by atoms with E-state index in [-0.39, 0.29) is 12.5 Å². The van der Waals surface area contributed by atoms with Crippen LogP contribution < -0.4 is 4.74 Å². The molecule has 6 rings (SSSR count). The molecule has 2 bridgehead atoms. The number of nitrogens with zero attached hydrogens (tertiary/aromatic N) is 5. The molecule has 3 unspecified atom stereocenters. The zero-order chi connectivity index (χ0) is 23.1. The van der Waals surface area contributed by atoms with Crippen molar-refractivity contribution in [3.8, 4) is 17.0 Å². The summed E-state index contributed by atoms with van der Waals surface area (Å²) in [6.45, 7) is 3.02. The Morgan fingerprint density at radius 2 is 2.12 bits per heavy atom. The van der Waals surface area contributed by atoms with Gasteiger partial charge in [-0.3, -0.25) is 4.79 Å². The maximum Gasteiger partial charge on any atom is 0.261 e. The number of imidazole rings is 1. The van der Waals surface area contributed by atoms with Crippen LogP contribution in [0.5, 0.6) is 5.75 Å². The highest BCUT2D eigenvalue weighted by atomic mass is 16.5. The molecule has 2 aliphatic heterocycles. The van der Waals surface area contributed by atoms with Gasteiger partial charge in [0.25, 0.3) is 5.91 Å². The summed E-state index contributed by atoms with van der Waals surface area (Å²) in [7, 11) is 0. The third-order valence-corrected chi connectivity index (χ3v) is 7.47. The summed E-state index contributed by atoms with van der Waals surface area (Å²) in [5.41, 5.74) is 4.95. The maximum absolute atomic E-state index is 13.0. The van der Waals surface area contributed by atoms with E-state index in [4.69, 9.17) is 4.74 Å². The van der Waals surface area contributed by atoms with Crippen LogP contribution in [0.15, 0.2) is 55.0 Å². The number of aromatic amines is 1. The van der Waals surface area contributed by atoms with Gasteiger partial charge in [-0.05, 0) is 62.3 Å². The lowest BCUT2D eigenvalue weighted by Crippen LogP contribution is -2.39. The highest BCUT2D eigenvalue weighted by molar-refractivity contribution is 5.81. The second-order valence-electron chi connectivity index (χ2n) is 9.43. The van der Waals surface area contributed by atoms with E-state index in [1.807, 2.05) is 37.5 Å². The Bertz CT molecular complexity index is 1310. The molecule has 2 fully saturated rings. The predicted molar refractivity (Wildman–Crippen MR) is 128 cm³/mol. The number of para-hydroxylation sites is 1. The van der Waals surface area contributed by atoms with E-state index in [1.54, 1.807) is 6.20 Å². The van der Waals surface area contributed by atoms with Crippen LogP contribution in [0.1, 0.15) is 31.2 Å². The van der Waals surface area contributed by atoms with E-state index in [9.17, 15) is 4.79 Å². The van der Waals surface area contributed by atoms with Crippen molar-refractivity contribution >= 4 is 16.9 Å². The summed E-state index contributed by atoms with van der Waals surface area (Å²) in [6.07, 6.45) is 7.97. The van der Waals surface area contributed by atoms with E-state index >= 15 is 0 Å². The predicted octanol–water partition coefficient (Wildman–Crippen LogP) is 3.98. The average Bonchev–Trinajstić information content (AvgIpc) is 3.65. The summed E-state index contributed by atoms with van der Waals surface area (Å²) in [5, 5.41) is 10.7.